The number of urea groups is 1. The lowest BCUT2D eigenvalue weighted by molar-refractivity contribution is 0.0959. The van der Waals surface area contributed by atoms with E-state index in [1.807, 2.05) is 42.6 Å². The number of carbonyl (C=O) groups is 2. The van der Waals surface area contributed by atoms with Gasteiger partial charge in [-0.3, -0.25) is 15.4 Å². The maximum absolute atomic E-state index is 13.6. The fourth-order valence-corrected chi connectivity index (χ4v) is 2.96. The summed E-state index contributed by atoms with van der Waals surface area (Å²) in [6, 6.07) is 13.4. The van der Waals surface area contributed by atoms with Crippen LogP contribution in [0, 0.1) is 25.5 Å². The van der Waals surface area contributed by atoms with E-state index in [0.29, 0.717) is 5.69 Å². The average Bonchev–Trinajstić information content (AvgIpc) is 2.61. The molecule has 2 N–H and O–H groups in total. The van der Waals surface area contributed by atoms with Crippen LogP contribution in [0.4, 0.5) is 19.4 Å². The Morgan fingerprint density at radius 2 is 1.57 bits per heavy atom. The lowest BCUT2D eigenvalue weighted by Crippen LogP contribution is -2.35. The molecular weight excluding hydrogens is 364 g/mol. The molecule has 3 amide bonds. The molecule has 2 aromatic carbocycles. The van der Waals surface area contributed by atoms with E-state index in [0.717, 1.165) is 34.9 Å². The summed E-state index contributed by atoms with van der Waals surface area (Å²) in [5.74, 6) is -3.07. The van der Waals surface area contributed by atoms with E-state index < -0.39 is 29.1 Å². The number of aryl methyl sites for hydroxylation is 2. The summed E-state index contributed by atoms with van der Waals surface area (Å²) in [5.41, 5.74) is 2.67. The van der Waals surface area contributed by atoms with Crippen LogP contribution in [-0.2, 0) is 0 Å². The first kappa shape index (κ1) is 19.2. The van der Waals surface area contributed by atoms with Crippen LogP contribution >= 0.6 is 0 Å². The van der Waals surface area contributed by atoms with E-state index in [9.17, 15) is 18.4 Å². The summed E-state index contributed by atoms with van der Waals surface area (Å²) in [4.78, 5) is 28.4. The Balaban J connectivity index is 1.77. The molecule has 0 saturated carbocycles. The molecule has 0 radical (unpaired) electrons. The van der Waals surface area contributed by atoms with Crippen molar-refractivity contribution in [3.05, 3.63) is 83.1 Å². The van der Waals surface area contributed by atoms with Crippen molar-refractivity contribution in [2.75, 3.05) is 5.32 Å². The Labute approximate surface area is 160 Å². The molecule has 0 spiro atoms. The number of hydrogen-bond acceptors (Lipinski definition) is 3. The van der Waals surface area contributed by atoms with Crippen LogP contribution in [0.5, 0.6) is 0 Å². The molecule has 0 atom stereocenters. The summed E-state index contributed by atoms with van der Waals surface area (Å²) >= 11 is 0. The summed E-state index contributed by atoms with van der Waals surface area (Å²) < 4.78 is 27.3. The molecule has 0 saturated heterocycles. The van der Waals surface area contributed by atoms with Crippen molar-refractivity contribution in [3.63, 3.8) is 0 Å². The molecule has 142 valence electrons. The van der Waals surface area contributed by atoms with E-state index in [-0.39, 0.29) is 5.82 Å². The maximum Gasteiger partial charge on any atom is 0.327 e. The zero-order chi connectivity index (χ0) is 20.3. The van der Waals surface area contributed by atoms with Gasteiger partial charge in [-0.15, -0.1) is 0 Å². The average molecular weight is 381 g/mol. The maximum atomic E-state index is 13.6. The molecule has 0 aliphatic carbocycles. The first-order chi connectivity index (χ1) is 13.4. The van der Waals surface area contributed by atoms with Crippen LogP contribution in [0.2, 0.25) is 0 Å². The fraction of sp³-hybridized carbons (Fsp3) is 0.0952. The third-order valence-corrected chi connectivity index (χ3v) is 4.12. The topological polar surface area (TPSA) is 71.1 Å². The van der Waals surface area contributed by atoms with Gasteiger partial charge in [-0.1, -0.05) is 36.4 Å². The Kier molecular flexibility index (Phi) is 5.44. The van der Waals surface area contributed by atoms with Gasteiger partial charge in [-0.25, -0.2) is 18.6 Å². The summed E-state index contributed by atoms with van der Waals surface area (Å²) in [6.45, 7) is 3.68. The van der Waals surface area contributed by atoms with Gasteiger partial charge in [-0.2, -0.15) is 0 Å². The molecule has 3 rings (SSSR count). The Hall–Kier alpha value is -3.61. The summed E-state index contributed by atoms with van der Waals surface area (Å²) in [5, 5.41) is 4.32. The first-order valence-electron chi connectivity index (χ1n) is 8.47. The standard InChI is InChI=1S/C21H17F2N3O2/c1-12-11-17(24-13(2)18(12)14-7-4-3-5-8-14)25-21(28)26-20(27)19-15(22)9-6-10-16(19)23/h3-11H,1-2H3,(H2,24,25,26,27,28). The van der Waals surface area contributed by atoms with Crippen molar-refractivity contribution >= 4 is 17.8 Å². The normalized spacial score (nSPS) is 10.4. The highest BCUT2D eigenvalue weighted by atomic mass is 19.1. The highest BCUT2D eigenvalue weighted by molar-refractivity contribution is 6.08. The number of rotatable bonds is 3. The van der Waals surface area contributed by atoms with Crippen molar-refractivity contribution in [2.24, 2.45) is 0 Å². The van der Waals surface area contributed by atoms with Gasteiger partial charge in [-0.05, 0) is 43.2 Å². The number of carbonyl (C=O) groups excluding carboxylic acids is 2. The number of amides is 3. The van der Waals surface area contributed by atoms with E-state index in [4.69, 9.17) is 0 Å². The van der Waals surface area contributed by atoms with Crippen molar-refractivity contribution in [2.45, 2.75) is 13.8 Å². The minimum Gasteiger partial charge on any atom is -0.292 e. The molecule has 0 fully saturated rings. The number of aromatic nitrogens is 1. The quantitative estimate of drug-likeness (QED) is 0.696. The van der Waals surface area contributed by atoms with Crippen molar-refractivity contribution in [1.82, 2.24) is 10.3 Å². The van der Waals surface area contributed by atoms with Gasteiger partial charge in [0, 0.05) is 11.3 Å². The van der Waals surface area contributed by atoms with Crippen LogP contribution in [0.15, 0.2) is 54.6 Å². The number of pyridine rings is 1. The number of nitrogens with zero attached hydrogens (tertiary/aromatic N) is 1. The summed E-state index contributed by atoms with van der Waals surface area (Å²) in [7, 11) is 0. The van der Waals surface area contributed by atoms with Gasteiger partial charge in [0.15, 0.2) is 0 Å². The van der Waals surface area contributed by atoms with E-state index in [1.165, 1.54) is 0 Å². The van der Waals surface area contributed by atoms with Crippen molar-refractivity contribution in [3.8, 4) is 11.1 Å². The first-order valence-corrected chi connectivity index (χ1v) is 8.47. The molecule has 1 heterocycles. The van der Waals surface area contributed by atoms with E-state index in [2.05, 4.69) is 10.3 Å². The second-order valence-electron chi connectivity index (χ2n) is 6.16. The lowest BCUT2D eigenvalue weighted by Gasteiger charge is -2.13. The molecule has 0 aliphatic heterocycles. The molecule has 0 aliphatic rings. The number of imide groups is 1. The van der Waals surface area contributed by atoms with Gasteiger partial charge in [0.05, 0.1) is 0 Å². The van der Waals surface area contributed by atoms with Crippen LogP contribution in [0.1, 0.15) is 21.6 Å². The molecule has 7 heteroatoms. The minimum atomic E-state index is -1.18. The third kappa shape index (κ3) is 4.03. The number of nitrogens with one attached hydrogen (secondary N) is 2. The van der Waals surface area contributed by atoms with Crippen molar-refractivity contribution < 1.29 is 18.4 Å². The molecular formula is C21H17F2N3O2. The predicted octanol–water partition coefficient (Wildman–Crippen LogP) is 4.61. The monoisotopic (exact) mass is 381 g/mol. The molecule has 28 heavy (non-hydrogen) atoms. The third-order valence-electron chi connectivity index (χ3n) is 4.12. The van der Waals surface area contributed by atoms with Gasteiger partial charge < -0.3 is 0 Å². The predicted molar refractivity (Wildman–Crippen MR) is 102 cm³/mol. The largest absolute Gasteiger partial charge is 0.327 e. The Bertz CT molecular complexity index is 1010. The zero-order valence-corrected chi connectivity index (χ0v) is 15.2. The fourth-order valence-electron chi connectivity index (χ4n) is 2.96. The van der Waals surface area contributed by atoms with E-state index in [1.54, 1.807) is 13.0 Å². The molecule has 5 nitrogen and oxygen atoms in total. The van der Waals surface area contributed by atoms with Gasteiger partial charge >= 0.3 is 6.03 Å². The second kappa shape index (κ2) is 7.96. The van der Waals surface area contributed by atoms with Gasteiger partial charge in [0.25, 0.3) is 5.91 Å². The second-order valence-corrected chi connectivity index (χ2v) is 6.16. The highest BCUT2D eigenvalue weighted by Crippen LogP contribution is 2.27. The molecule has 0 unspecified atom stereocenters. The number of anilines is 1. The zero-order valence-electron chi connectivity index (χ0n) is 15.2. The number of hydrogen-bond donors (Lipinski definition) is 2. The number of halogens is 2. The van der Waals surface area contributed by atoms with Crippen molar-refractivity contribution in [1.29, 1.82) is 0 Å². The van der Waals surface area contributed by atoms with Gasteiger partial charge in [0.1, 0.15) is 23.0 Å². The Morgan fingerprint density at radius 1 is 0.929 bits per heavy atom. The SMILES string of the molecule is Cc1cc(NC(=O)NC(=O)c2c(F)cccc2F)nc(C)c1-c1ccccc1. The van der Waals surface area contributed by atoms with Crippen LogP contribution < -0.4 is 10.6 Å². The lowest BCUT2D eigenvalue weighted by atomic mass is 9.99. The molecule has 1 aromatic heterocycles. The smallest absolute Gasteiger partial charge is 0.292 e. The van der Waals surface area contributed by atoms with Gasteiger partial charge in [0.2, 0.25) is 0 Å². The van der Waals surface area contributed by atoms with Crippen LogP contribution in [0.3, 0.4) is 0 Å². The molecule has 3 aromatic rings. The van der Waals surface area contributed by atoms with E-state index >= 15 is 0 Å². The van der Waals surface area contributed by atoms with Crippen LogP contribution in [0.25, 0.3) is 11.1 Å². The minimum absolute atomic E-state index is 0.217. The van der Waals surface area contributed by atoms with Crippen LogP contribution in [-0.4, -0.2) is 16.9 Å². The molecule has 0 bridgehead atoms. The Morgan fingerprint density at radius 3 is 2.18 bits per heavy atom. The number of benzene rings is 2. The summed E-state index contributed by atoms with van der Waals surface area (Å²) in [6.07, 6.45) is 0. The highest BCUT2D eigenvalue weighted by Gasteiger charge is 2.19.